The maximum Gasteiger partial charge on any atom is 0.266 e. The van der Waals surface area contributed by atoms with Crippen molar-refractivity contribution in [3.8, 4) is 34.4 Å². The smallest absolute Gasteiger partial charge is 0.266 e. The number of anilines is 2. The highest BCUT2D eigenvalue weighted by atomic mass is 16.2. The van der Waals surface area contributed by atoms with Crippen molar-refractivity contribution in [3.63, 3.8) is 0 Å². The number of nitrogens with zero attached hydrogens (tertiary/aromatic N) is 4. The molecule has 0 N–H and O–H groups in total. The Morgan fingerprint density at radius 1 is 0.357 bits per heavy atom. The van der Waals surface area contributed by atoms with Gasteiger partial charge in [0.1, 0.15) is 0 Å². The Morgan fingerprint density at radius 3 is 0.971 bits per heavy atom. The zero-order valence-corrected chi connectivity index (χ0v) is 40.3. The summed E-state index contributed by atoms with van der Waals surface area (Å²) in [6, 6.07) is 42.2. The average Bonchev–Trinajstić information content (AvgIpc) is 3.36. The summed E-state index contributed by atoms with van der Waals surface area (Å²) in [7, 11) is 0. The molecular weight excluding hydrogens is 865 g/mol. The fourth-order valence-electron chi connectivity index (χ4n) is 11.3. The molecule has 0 fully saturated rings. The number of para-hydroxylation sites is 2. The second kappa shape index (κ2) is 16.1. The lowest BCUT2D eigenvalue weighted by molar-refractivity contribution is 0.0877. The number of carbonyl (C=O) groups excluding carboxylic acids is 4. The van der Waals surface area contributed by atoms with Crippen LogP contribution >= 0.6 is 0 Å². The molecule has 0 saturated heterocycles. The molecule has 8 nitrogen and oxygen atoms in total. The van der Waals surface area contributed by atoms with Crippen LogP contribution in [0.3, 0.4) is 0 Å². The highest BCUT2D eigenvalue weighted by Gasteiger charge is 2.42. The van der Waals surface area contributed by atoms with Crippen molar-refractivity contribution in [1.29, 1.82) is 10.5 Å². The summed E-state index contributed by atoms with van der Waals surface area (Å²) >= 11 is 0. The first-order chi connectivity index (χ1) is 33.7. The molecule has 0 bridgehead atoms. The van der Waals surface area contributed by atoms with Crippen molar-refractivity contribution in [2.24, 2.45) is 0 Å². The van der Waals surface area contributed by atoms with Crippen LogP contribution in [-0.2, 0) is 0 Å². The number of hydrogen-bond acceptors (Lipinski definition) is 6. The quantitative estimate of drug-likeness (QED) is 0.0850. The van der Waals surface area contributed by atoms with Crippen LogP contribution in [-0.4, -0.2) is 23.6 Å². The summed E-state index contributed by atoms with van der Waals surface area (Å²) < 4.78 is 0. The van der Waals surface area contributed by atoms with Gasteiger partial charge >= 0.3 is 0 Å². The Morgan fingerprint density at radius 2 is 0.671 bits per heavy atom. The number of imide groups is 2. The molecule has 0 atom stereocenters. The van der Waals surface area contributed by atoms with Crippen LogP contribution in [0.2, 0.25) is 0 Å². The van der Waals surface area contributed by atoms with Crippen molar-refractivity contribution < 1.29 is 19.2 Å². The lowest BCUT2D eigenvalue weighted by atomic mass is 9.77. The molecule has 9 aromatic carbocycles. The van der Waals surface area contributed by atoms with Crippen molar-refractivity contribution in [2.75, 3.05) is 9.80 Å². The fraction of sp³-hybridized carbons (Fsp3) is 0.194. The minimum Gasteiger partial charge on any atom is -0.268 e. The third-order valence-electron chi connectivity index (χ3n) is 14.6. The normalized spacial score (nSPS) is 13.7. The molecule has 0 spiro atoms. The topological polar surface area (TPSA) is 122 Å². The molecule has 0 aromatic heterocycles. The van der Waals surface area contributed by atoms with Gasteiger partial charge in [-0.05, 0) is 149 Å². The molecule has 0 unspecified atom stereocenters. The molecule has 0 saturated carbocycles. The average molecular weight is 913 g/mol. The molecule has 11 rings (SSSR count). The van der Waals surface area contributed by atoms with E-state index < -0.39 is 23.6 Å². The monoisotopic (exact) mass is 912 g/mol. The van der Waals surface area contributed by atoms with E-state index in [4.69, 9.17) is 0 Å². The van der Waals surface area contributed by atoms with Gasteiger partial charge in [-0.15, -0.1) is 0 Å². The zero-order chi connectivity index (χ0) is 49.2. The highest BCUT2D eigenvalue weighted by Crippen LogP contribution is 2.53. The van der Waals surface area contributed by atoms with E-state index in [2.05, 4.69) is 67.5 Å². The first kappa shape index (κ1) is 44.1. The van der Waals surface area contributed by atoms with E-state index in [0.717, 1.165) is 54.9 Å². The molecule has 0 aliphatic carbocycles. The summed E-state index contributed by atoms with van der Waals surface area (Å²) in [6.45, 7) is 16.5. The van der Waals surface area contributed by atoms with Crippen LogP contribution < -0.4 is 9.80 Å². The minimum atomic E-state index is -0.437. The summed E-state index contributed by atoms with van der Waals surface area (Å²) in [5.74, 6) is -1.68. The van der Waals surface area contributed by atoms with Gasteiger partial charge in [0.25, 0.3) is 23.6 Å². The minimum absolute atomic E-state index is 0.00702. The summed E-state index contributed by atoms with van der Waals surface area (Å²) in [5, 5.41) is 25.3. The molecule has 70 heavy (non-hydrogen) atoms. The van der Waals surface area contributed by atoms with Gasteiger partial charge in [0.05, 0.1) is 34.6 Å². The Hall–Kier alpha value is -8.46. The van der Waals surface area contributed by atoms with E-state index in [1.54, 1.807) is 24.3 Å². The second-order valence-corrected chi connectivity index (χ2v) is 20.0. The van der Waals surface area contributed by atoms with Crippen LogP contribution in [0.25, 0.3) is 65.3 Å². The molecule has 340 valence electrons. The van der Waals surface area contributed by atoms with Gasteiger partial charge in [-0.25, -0.2) is 9.80 Å². The molecule has 2 aliphatic heterocycles. The first-order valence-corrected chi connectivity index (χ1v) is 24.0. The second-order valence-electron chi connectivity index (χ2n) is 20.0. The van der Waals surface area contributed by atoms with Gasteiger partial charge in [-0.3, -0.25) is 19.2 Å². The number of fused-ring (bicyclic) bond motifs is 2. The molecule has 2 aliphatic rings. The Bertz CT molecular complexity index is 3580. The summed E-state index contributed by atoms with van der Waals surface area (Å²) in [4.78, 5) is 64.7. The van der Waals surface area contributed by atoms with Crippen molar-refractivity contribution in [1.82, 2.24) is 0 Å². The maximum absolute atomic E-state index is 15.6. The van der Waals surface area contributed by atoms with Crippen LogP contribution in [0.4, 0.5) is 11.4 Å². The van der Waals surface area contributed by atoms with Gasteiger partial charge in [0.15, 0.2) is 0 Å². The number of carbonyl (C=O) groups is 4. The van der Waals surface area contributed by atoms with E-state index in [9.17, 15) is 10.5 Å². The summed E-state index contributed by atoms with van der Waals surface area (Å²) in [6.07, 6.45) is 0. The largest absolute Gasteiger partial charge is 0.268 e. The highest BCUT2D eigenvalue weighted by molar-refractivity contribution is 6.48. The van der Waals surface area contributed by atoms with Gasteiger partial charge < -0.3 is 0 Å². The number of hydrogen-bond donors (Lipinski definition) is 0. The van der Waals surface area contributed by atoms with Gasteiger partial charge in [-0.1, -0.05) is 128 Å². The Labute approximate surface area is 406 Å². The number of nitriles is 2. The third-order valence-corrected chi connectivity index (χ3v) is 14.6. The van der Waals surface area contributed by atoms with Crippen molar-refractivity contribution in [2.45, 2.75) is 79.1 Å². The van der Waals surface area contributed by atoms with E-state index in [-0.39, 0.29) is 23.7 Å². The number of benzene rings is 9. The molecular formula is C62H48N4O4. The molecule has 2 heterocycles. The van der Waals surface area contributed by atoms with Crippen LogP contribution in [0.15, 0.2) is 121 Å². The van der Waals surface area contributed by atoms with Crippen LogP contribution in [0.5, 0.6) is 0 Å². The van der Waals surface area contributed by atoms with Crippen LogP contribution in [0.1, 0.15) is 154 Å². The van der Waals surface area contributed by atoms with Crippen molar-refractivity contribution in [3.05, 3.63) is 177 Å². The maximum atomic E-state index is 15.6. The fourth-order valence-corrected chi connectivity index (χ4v) is 11.3. The van der Waals surface area contributed by atoms with E-state index in [1.165, 1.54) is 9.80 Å². The number of amides is 4. The molecule has 4 amide bonds. The first-order valence-electron chi connectivity index (χ1n) is 24.0. The zero-order valence-electron chi connectivity index (χ0n) is 40.3. The molecule has 0 radical (unpaired) electrons. The lowest BCUT2D eigenvalue weighted by Gasteiger charge is -2.34. The van der Waals surface area contributed by atoms with Gasteiger partial charge in [0, 0.05) is 33.0 Å². The van der Waals surface area contributed by atoms with Gasteiger partial charge in [0.2, 0.25) is 0 Å². The standard InChI is InChI=1S/C62H48N4O4/c1-31(2)39-11-9-12-40(32(3)4)57(39)65-59(67)45-25-23-43-44-24-26-46-52-50(62(70)66(60(46)68)58-41(33(5)6)13-10-14-42(58)34(7)8)28-48(38-21-17-36(30-64)18-22-38)56(54(44)52)55-47(37-19-15-35(29-63)16-20-37)27-49(61(65)69)51(45)53(43)55/h9-28,31-34H,1-8H3. The third kappa shape index (κ3) is 6.19. The predicted molar refractivity (Wildman–Crippen MR) is 279 cm³/mol. The summed E-state index contributed by atoms with van der Waals surface area (Å²) in [5.41, 5.74) is 10.0. The molecule has 9 aromatic rings. The SMILES string of the molecule is CC(C)c1cccc(C(C)C)c1N1C(=O)c2ccc3c4ccc5c6c(cc(-c7ccc(C#N)cc7)c(c7c(-c8ccc(C#N)cc8)cc(c2c37)C1=O)c64)C(=O)N(c1c(C(C)C)cccc1C(C)C)C5=O. The number of rotatable bonds is 8. The molecule has 8 heteroatoms. The van der Waals surface area contributed by atoms with Crippen molar-refractivity contribution >= 4 is 78.1 Å². The van der Waals surface area contributed by atoms with Crippen LogP contribution in [0, 0.1) is 22.7 Å². The van der Waals surface area contributed by atoms with Gasteiger partial charge in [-0.2, -0.15) is 10.5 Å². The van der Waals surface area contributed by atoms with E-state index in [0.29, 0.717) is 77.4 Å². The Balaban J connectivity index is 1.31. The Kier molecular flexibility index (Phi) is 10.1. The predicted octanol–water partition coefficient (Wildman–Crippen LogP) is 14.9. The van der Waals surface area contributed by atoms with E-state index >= 15 is 19.2 Å². The lowest BCUT2D eigenvalue weighted by Crippen LogP contribution is -2.42. The van der Waals surface area contributed by atoms with E-state index in [1.807, 2.05) is 97.1 Å².